The zero-order valence-corrected chi connectivity index (χ0v) is 19.2. The number of amides is 1. The lowest BCUT2D eigenvalue weighted by molar-refractivity contribution is -0.137. The van der Waals surface area contributed by atoms with Crippen LogP contribution in [0.2, 0.25) is 0 Å². The fraction of sp³-hybridized carbons (Fsp3) is 0.182. The lowest BCUT2D eigenvalue weighted by Gasteiger charge is -2.18. The van der Waals surface area contributed by atoms with Gasteiger partial charge in [0.25, 0.3) is 5.91 Å². The van der Waals surface area contributed by atoms with E-state index in [1.54, 1.807) is 32.2 Å². The molecule has 2 aromatic carbocycles. The van der Waals surface area contributed by atoms with Gasteiger partial charge in [-0.2, -0.15) is 23.4 Å². The summed E-state index contributed by atoms with van der Waals surface area (Å²) in [4.78, 5) is 11.4. The number of nitrogens with one attached hydrogen (secondary N) is 3. The van der Waals surface area contributed by atoms with Crippen LogP contribution in [0.3, 0.4) is 0 Å². The topological polar surface area (TPSA) is 113 Å². The highest BCUT2D eigenvalue weighted by molar-refractivity contribution is 7.80. The number of hydrogen-bond acceptors (Lipinski definition) is 6. The van der Waals surface area contributed by atoms with E-state index in [4.69, 9.17) is 17.0 Å². The third-order valence-electron chi connectivity index (χ3n) is 5.05. The van der Waals surface area contributed by atoms with Gasteiger partial charge in [-0.15, -0.1) is 0 Å². The number of fused-ring (bicyclic) bond motifs is 1. The van der Waals surface area contributed by atoms with E-state index in [1.807, 2.05) is 0 Å². The molecule has 9 nitrogen and oxygen atoms in total. The second-order valence-corrected chi connectivity index (χ2v) is 7.96. The number of benzene rings is 2. The molecule has 35 heavy (non-hydrogen) atoms. The SMILES string of the molecule is CC(=NNC(=S)Nc1ccc2c(c1)OCC(=O)N2)c1nn(C)c(-c2ccc(C(F)(F)F)cc2)c1O. The van der Waals surface area contributed by atoms with E-state index in [0.29, 0.717) is 22.7 Å². The number of halogens is 3. The van der Waals surface area contributed by atoms with Crippen LogP contribution in [0.4, 0.5) is 24.5 Å². The Morgan fingerprint density at radius 1 is 1.26 bits per heavy atom. The van der Waals surface area contributed by atoms with Crippen LogP contribution < -0.4 is 20.8 Å². The Kier molecular flexibility index (Phi) is 6.35. The van der Waals surface area contributed by atoms with Gasteiger partial charge in [-0.05, 0) is 43.4 Å². The second kappa shape index (κ2) is 9.25. The number of hydrogen-bond donors (Lipinski definition) is 4. The second-order valence-electron chi connectivity index (χ2n) is 7.56. The number of ether oxygens (including phenoxy) is 1. The maximum absolute atomic E-state index is 12.8. The Balaban J connectivity index is 1.46. The highest BCUT2D eigenvalue weighted by Gasteiger charge is 2.30. The summed E-state index contributed by atoms with van der Waals surface area (Å²) >= 11 is 5.24. The number of carbonyl (C=O) groups excluding carboxylic acids is 1. The minimum Gasteiger partial charge on any atom is -0.504 e. The molecule has 182 valence electrons. The summed E-state index contributed by atoms with van der Waals surface area (Å²) in [7, 11) is 1.56. The van der Waals surface area contributed by atoms with Crippen molar-refractivity contribution in [1.82, 2.24) is 15.2 Å². The van der Waals surface area contributed by atoms with Crippen LogP contribution in [0.15, 0.2) is 47.6 Å². The van der Waals surface area contributed by atoms with Gasteiger partial charge in [0.15, 0.2) is 23.2 Å². The maximum atomic E-state index is 12.8. The van der Waals surface area contributed by atoms with Gasteiger partial charge in [-0.3, -0.25) is 14.9 Å². The van der Waals surface area contributed by atoms with Crippen molar-refractivity contribution in [3.63, 3.8) is 0 Å². The van der Waals surface area contributed by atoms with Crippen LogP contribution in [0.1, 0.15) is 18.2 Å². The van der Waals surface area contributed by atoms with Crippen LogP contribution >= 0.6 is 12.2 Å². The lowest BCUT2D eigenvalue weighted by atomic mass is 10.1. The van der Waals surface area contributed by atoms with Crippen molar-refractivity contribution in [2.45, 2.75) is 13.1 Å². The number of aromatic nitrogens is 2. The Bertz CT molecular complexity index is 1340. The first-order valence-corrected chi connectivity index (χ1v) is 10.6. The van der Waals surface area contributed by atoms with Gasteiger partial charge >= 0.3 is 6.18 Å². The van der Waals surface area contributed by atoms with Gasteiger partial charge in [0.05, 0.1) is 17.0 Å². The summed E-state index contributed by atoms with van der Waals surface area (Å²) in [6.07, 6.45) is -4.46. The van der Waals surface area contributed by atoms with Gasteiger partial charge in [0, 0.05) is 24.4 Å². The average Bonchev–Trinajstić information content (AvgIpc) is 3.11. The molecule has 0 unspecified atom stereocenters. The van der Waals surface area contributed by atoms with Gasteiger partial charge in [-0.25, -0.2) is 0 Å². The number of carbonyl (C=O) groups is 1. The first kappa shape index (κ1) is 24.0. The van der Waals surface area contributed by atoms with E-state index in [-0.39, 0.29) is 40.5 Å². The molecule has 3 aromatic rings. The first-order chi connectivity index (χ1) is 16.5. The molecule has 0 bridgehead atoms. The summed E-state index contributed by atoms with van der Waals surface area (Å²) in [6.45, 7) is 1.51. The summed E-state index contributed by atoms with van der Waals surface area (Å²) in [6, 6.07) is 9.43. The van der Waals surface area contributed by atoms with E-state index in [2.05, 4.69) is 26.3 Å². The fourth-order valence-corrected chi connectivity index (χ4v) is 3.56. The Morgan fingerprint density at radius 3 is 2.66 bits per heavy atom. The minimum atomic E-state index is -4.46. The molecular formula is C22H19F3N6O3S. The lowest BCUT2D eigenvalue weighted by Crippen LogP contribution is -2.26. The van der Waals surface area contributed by atoms with Crippen molar-refractivity contribution >= 4 is 40.3 Å². The fourth-order valence-electron chi connectivity index (χ4n) is 3.40. The molecule has 2 heterocycles. The number of anilines is 2. The molecule has 13 heteroatoms. The van der Waals surface area contributed by atoms with E-state index in [0.717, 1.165) is 12.1 Å². The van der Waals surface area contributed by atoms with Crippen molar-refractivity contribution in [2.75, 3.05) is 17.2 Å². The van der Waals surface area contributed by atoms with Crippen molar-refractivity contribution in [3.8, 4) is 22.8 Å². The van der Waals surface area contributed by atoms with Gasteiger partial charge in [0.1, 0.15) is 11.4 Å². The predicted molar refractivity (Wildman–Crippen MR) is 127 cm³/mol. The van der Waals surface area contributed by atoms with Gasteiger partial charge in [0.2, 0.25) is 0 Å². The number of thiocarbonyl (C=S) groups is 1. The molecule has 0 radical (unpaired) electrons. The number of alkyl halides is 3. The number of hydrazone groups is 1. The van der Waals surface area contributed by atoms with E-state index in [9.17, 15) is 23.1 Å². The third-order valence-corrected chi connectivity index (χ3v) is 5.24. The van der Waals surface area contributed by atoms with Crippen LogP contribution in [0.25, 0.3) is 11.3 Å². The molecule has 1 amide bonds. The normalized spacial score (nSPS) is 13.5. The highest BCUT2D eigenvalue weighted by Crippen LogP contribution is 2.35. The number of aromatic hydroxyl groups is 1. The highest BCUT2D eigenvalue weighted by atomic mass is 32.1. The molecular weight excluding hydrogens is 485 g/mol. The van der Waals surface area contributed by atoms with Gasteiger partial charge in [-0.1, -0.05) is 12.1 Å². The average molecular weight is 504 g/mol. The summed E-state index contributed by atoms with van der Waals surface area (Å²) in [5.41, 5.74) is 4.03. The van der Waals surface area contributed by atoms with Crippen LogP contribution in [0.5, 0.6) is 11.5 Å². The standard InChI is InChI=1S/C22H19F3N6O3S/c1-11(28-29-21(35)26-14-7-8-15-16(9-14)34-10-17(32)27-15)18-20(33)19(31(2)30-18)12-3-5-13(6-4-12)22(23,24)25/h3-9,33H,10H2,1-2H3,(H,27,32)(H2,26,29,35). The van der Waals surface area contributed by atoms with Crippen LogP contribution in [-0.4, -0.2) is 38.2 Å². The zero-order valence-electron chi connectivity index (χ0n) is 18.4. The molecule has 4 N–H and O–H groups in total. The van der Waals surface area contributed by atoms with E-state index < -0.39 is 11.7 Å². The molecule has 0 spiro atoms. The predicted octanol–water partition coefficient (Wildman–Crippen LogP) is 3.85. The monoisotopic (exact) mass is 504 g/mol. The summed E-state index contributed by atoms with van der Waals surface area (Å²) < 4.78 is 45.2. The molecule has 0 saturated heterocycles. The van der Waals surface area contributed by atoms with Crippen molar-refractivity contribution < 1.29 is 27.8 Å². The van der Waals surface area contributed by atoms with Crippen molar-refractivity contribution in [2.24, 2.45) is 12.1 Å². The van der Waals surface area contributed by atoms with Crippen molar-refractivity contribution in [3.05, 3.63) is 53.7 Å². The Hall–Kier alpha value is -4.13. The Morgan fingerprint density at radius 2 is 1.97 bits per heavy atom. The number of rotatable bonds is 4. The molecule has 1 aromatic heterocycles. The molecule has 0 saturated carbocycles. The first-order valence-electron chi connectivity index (χ1n) is 10.1. The van der Waals surface area contributed by atoms with Crippen LogP contribution in [0, 0.1) is 0 Å². The summed E-state index contributed by atoms with van der Waals surface area (Å²) in [5, 5.41) is 24.8. The quantitative estimate of drug-likeness (QED) is 0.243. The van der Waals surface area contributed by atoms with E-state index in [1.165, 1.54) is 16.8 Å². The largest absolute Gasteiger partial charge is 0.504 e. The van der Waals surface area contributed by atoms with Crippen LogP contribution in [-0.2, 0) is 18.0 Å². The zero-order chi connectivity index (χ0) is 25.3. The van der Waals surface area contributed by atoms with Crippen molar-refractivity contribution in [1.29, 1.82) is 0 Å². The number of nitrogens with zero attached hydrogens (tertiary/aromatic N) is 3. The third kappa shape index (κ3) is 5.19. The molecule has 1 aliphatic heterocycles. The van der Waals surface area contributed by atoms with E-state index >= 15 is 0 Å². The summed E-state index contributed by atoms with van der Waals surface area (Å²) in [5.74, 6) is 0.0221. The molecule has 0 atom stereocenters. The number of aryl methyl sites for hydroxylation is 1. The Labute approximate surface area is 202 Å². The van der Waals surface area contributed by atoms with Gasteiger partial charge < -0.3 is 20.5 Å². The molecule has 0 aliphatic carbocycles. The molecule has 1 aliphatic rings. The maximum Gasteiger partial charge on any atom is 0.416 e. The smallest absolute Gasteiger partial charge is 0.416 e. The molecule has 0 fully saturated rings. The molecule has 4 rings (SSSR count). The minimum absolute atomic E-state index is 0.0787.